The Bertz CT molecular complexity index is 456. The predicted octanol–water partition coefficient (Wildman–Crippen LogP) is 3.84. The summed E-state index contributed by atoms with van der Waals surface area (Å²) < 4.78 is 15.4. The Morgan fingerprint density at radius 2 is 1.52 bits per heavy atom. The lowest BCUT2D eigenvalue weighted by atomic mass is 10.1. The minimum Gasteiger partial charge on any atom is -0.481 e. The van der Waals surface area contributed by atoms with Gasteiger partial charge in [0.05, 0.1) is 7.11 Å². The van der Waals surface area contributed by atoms with E-state index in [-0.39, 0.29) is 0 Å². The number of ether oxygens (including phenoxy) is 3. The molecule has 0 unspecified atom stereocenters. The summed E-state index contributed by atoms with van der Waals surface area (Å²) in [7, 11) is 7.20. The van der Waals surface area contributed by atoms with Crippen molar-refractivity contribution in [3.8, 4) is 5.88 Å². The second-order valence-electron chi connectivity index (χ2n) is 6.49. The number of hydrogen-bond acceptors (Lipinski definition) is 6. The molecule has 0 fully saturated rings. The third-order valence-electron chi connectivity index (χ3n) is 4.03. The molecule has 1 aromatic rings. The van der Waals surface area contributed by atoms with Crippen LogP contribution < -0.4 is 9.64 Å². The summed E-state index contributed by atoms with van der Waals surface area (Å²) in [5.74, 6) is 1.35. The van der Waals surface area contributed by atoms with Crippen LogP contribution in [0.4, 0.5) is 5.95 Å². The van der Waals surface area contributed by atoms with Gasteiger partial charge < -0.3 is 19.1 Å². The molecule has 0 aliphatic carbocycles. The van der Waals surface area contributed by atoms with Crippen molar-refractivity contribution in [2.75, 3.05) is 46.6 Å². The van der Waals surface area contributed by atoms with E-state index in [4.69, 9.17) is 14.2 Å². The molecule has 144 valence electrons. The standard InChI is InChI=1S/C19H35N3O3/c1-22(2)19-20-17(15-18(21-19)24-4)13-11-9-7-5-6-8-10-12-14-25-16-23-3/h15H,5-14,16H2,1-4H3. The second kappa shape index (κ2) is 13.8. The predicted molar refractivity (Wildman–Crippen MR) is 101 cm³/mol. The van der Waals surface area contributed by atoms with Crippen molar-refractivity contribution in [1.29, 1.82) is 0 Å². The van der Waals surface area contributed by atoms with Gasteiger partial charge >= 0.3 is 0 Å². The molecule has 6 nitrogen and oxygen atoms in total. The van der Waals surface area contributed by atoms with Crippen molar-refractivity contribution in [3.05, 3.63) is 11.8 Å². The highest BCUT2D eigenvalue weighted by atomic mass is 16.7. The molecular formula is C19H35N3O3. The van der Waals surface area contributed by atoms with Gasteiger partial charge in [0.2, 0.25) is 11.8 Å². The highest BCUT2D eigenvalue weighted by molar-refractivity contribution is 5.32. The summed E-state index contributed by atoms with van der Waals surface area (Å²) in [5, 5.41) is 0. The Labute approximate surface area is 152 Å². The van der Waals surface area contributed by atoms with Crippen molar-refractivity contribution < 1.29 is 14.2 Å². The molecule has 0 radical (unpaired) electrons. The van der Waals surface area contributed by atoms with Crippen LogP contribution in [0.2, 0.25) is 0 Å². The third-order valence-corrected chi connectivity index (χ3v) is 4.03. The van der Waals surface area contributed by atoms with Crippen molar-refractivity contribution in [2.24, 2.45) is 0 Å². The zero-order valence-electron chi connectivity index (χ0n) is 16.4. The molecule has 0 spiro atoms. The van der Waals surface area contributed by atoms with Gasteiger partial charge in [-0.1, -0.05) is 38.5 Å². The van der Waals surface area contributed by atoms with Gasteiger partial charge in [-0.3, -0.25) is 0 Å². The average molecular weight is 354 g/mol. The molecule has 6 heteroatoms. The number of nitrogens with zero attached hydrogens (tertiary/aromatic N) is 3. The van der Waals surface area contributed by atoms with Crippen LogP contribution in [0.3, 0.4) is 0 Å². The van der Waals surface area contributed by atoms with Gasteiger partial charge in [-0.2, -0.15) is 4.98 Å². The molecule has 0 bridgehead atoms. The number of hydrogen-bond donors (Lipinski definition) is 0. The second-order valence-corrected chi connectivity index (χ2v) is 6.49. The van der Waals surface area contributed by atoms with E-state index in [1.807, 2.05) is 25.1 Å². The monoisotopic (exact) mass is 353 g/mol. The van der Waals surface area contributed by atoms with E-state index in [2.05, 4.69) is 9.97 Å². The van der Waals surface area contributed by atoms with Gasteiger partial charge in [-0.15, -0.1) is 0 Å². The van der Waals surface area contributed by atoms with E-state index in [9.17, 15) is 0 Å². The molecule has 0 saturated heterocycles. The SMILES string of the molecule is COCOCCCCCCCCCCc1cc(OC)nc(N(C)C)n1. The summed E-state index contributed by atoms with van der Waals surface area (Å²) >= 11 is 0. The lowest BCUT2D eigenvalue weighted by Crippen LogP contribution is -2.14. The molecule has 1 heterocycles. The first kappa shape index (κ1) is 21.6. The van der Waals surface area contributed by atoms with Gasteiger partial charge in [-0.25, -0.2) is 4.98 Å². The van der Waals surface area contributed by atoms with Crippen molar-refractivity contribution >= 4 is 5.95 Å². The van der Waals surface area contributed by atoms with Crippen LogP contribution in [0.25, 0.3) is 0 Å². The van der Waals surface area contributed by atoms with E-state index >= 15 is 0 Å². The zero-order chi connectivity index (χ0) is 18.3. The average Bonchev–Trinajstić information content (AvgIpc) is 2.62. The number of aryl methyl sites for hydroxylation is 1. The molecule has 0 aliphatic heterocycles. The van der Waals surface area contributed by atoms with Crippen LogP contribution >= 0.6 is 0 Å². The molecule has 0 N–H and O–H groups in total. The maximum absolute atomic E-state index is 5.28. The minimum absolute atomic E-state index is 0.411. The molecule has 0 saturated carbocycles. The lowest BCUT2D eigenvalue weighted by Gasteiger charge is -2.12. The Hall–Kier alpha value is -1.40. The Balaban J connectivity index is 2.07. The Morgan fingerprint density at radius 3 is 2.12 bits per heavy atom. The summed E-state index contributed by atoms with van der Waals surface area (Å²) in [6.07, 6.45) is 11.0. The van der Waals surface area contributed by atoms with E-state index < -0.39 is 0 Å². The first-order valence-electron chi connectivity index (χ1n) is 9.33. The van der Waals surface area contributed by atoms with Crippen LogP contribution in [0.5, 0.6) is 5.88 Å². The van der Waals surface area contributed by atoms with Gasteiger partial charge in [0.15, 0.2) is 0 Å². The quantitative estimate of drug-likeness (QED) is 0.353. The van der Waals surface area contributed by atoms with Crippen LogP contribution in [-0.2, 0) is 15.9 Å². The molecule has 0 aliphatic rings. The first-order valence-corrected chi connectivity index (χ1v) is 9.33. The molecule has 0 aromatic carbocycles. The summed E-state index contributed by atoms with van der Waals surface area (Å²) in [5.41, 5.74) is 1.06. The van der Waals surface area contributed by atoms with Crippen LogP contribution in [0.1, 0.15) is 57.1 Å². The highest BCUT2D eigenvalue weighted by Gasteiger charge is 2.06. The topological polar surface area (TPSA) is 56.7 Å². The molecule has 0 amide bonds. The number of anilines is 1. The maximum atomic E-state index is 5.28. The van der Waals surface area contributed by atoms with Crippen molar-refractivity contribution in [2.45, 2.75) is 57.8 Å². The molecular weight excluding hydrogens is 318 g/mol. The van der Waals surface area contributed by atoms with Gasteiger partial charge in [0.1, 0.15) is 6.79 Å². The Kier molecular flexibility index (Phi) is 12.0. The number of rotatable bonds is 15. The molecule has 25 heavy (non-hydrogen) atoms. The third kappa shape index (κ3) is 10.2. The van der Waals surface area contributed by atoms with Gasteiger partial charge in [-0.05, 0) is 19.3 Å². The number of methoxy groups -OCH3 is 2. The summed E-state index contributed by atoms with van der Waals surface area (Å²) in [6.45, 7) is 1.22. The van der Waals surface area contributed by atoms with Gasteiger partial charge in [0.25, 0.3) is 0 Å². The van der Waals surface area contributed by atoms with Gasteiger partial charge in [0, 0.05) is 39.6 Å². The van der Waals surface area contributed by atoms with Crippen molar-refractivity contribution in [1.82, 2.24) is 9.97 Å². The number of aromatic nitrogens is 2. The van der Waals surface area contributed by atoms with Crippen molar-refractivity contribution in [3.63, 3.8) is 0 Å². The molecule has 0 atom stereocenters. The van der Waals surface area contributed by atoms with E-state index in [1.165, 1.54) is 38.5 Å². The largest absolute Gasteiger partial charge is 0.481 e. The fourth-order valence-electron chi connectivity index (χ4n) is 2.60. The fraction of sp³-hybridized carbons (Fsp3) is 0.789. The fourth-order valence-corrected chi connectivity index (χ4v) is 2.60. The summed E-state index contributed by atoms with van der Waals surface area (Å²) in [4.78, 5) is 10.8. The van der Waals surface area contributed by atoms with Crippen LogP contribution in [0, 0.1) is 0 Å². The molecule has 1 aromatic heterocycles. The normalized spacial score (nSPS) is 10.9. The zero-order valence-corrected chi connectivity index (χ0v) is 16.4. The Morgan fingerprint density at radius 1 is 0.880 bits per heavy atom. The smallest absolute Gasteiger partial charge is 0.228 e. The van der Waals surface area contributed by atoms with E-state index in [0.29, 0.717) is 18.6 Å². The lowest BCUT2D eigenvalue weighted by molar-refractivity contribution is -0.0315. The highest BCUT2D eigenvalue weighted by Crippen LogP contribution is 2.16. The minimum atomic E-state index is 0.411. The van der Waals surface area contributed by atoms with E-state index in [1.54, 1.807) is 14.2 Å². The molecule has 1 rings (SSSR count). The van der Waals surface area contributed by atoms with Crippen LogP contribution in [-0.4, -0.2) is 51.7 Å². The maximum Gasteiger partial charge on any atom is 0.228 e. The summed E-state index contributed by atoms with van der Waals surface area (Å²) in [6, 6.07) is 1.94. The van der Waals surface area contributed by atoms with E-state index in [0.717, 1.165) is 31.6 Å². The van der Waals surface area contributed by atoms with Crippen LogP contribution in [0.15, 0.2) is 6.07 Å². The first-order chi connectivity index (χ1) is 12.2. The number of unbranched alkanes of at least 4 members (excludes halogenated alkanes) is 7.